The molecule has 0 heterocycles. The molecular formula is C17H18F2N2O4S. The number of para-hydroxylation sites is 1. The molecule has 0 saturated heterocycles. The summed E-state index contributed by atoms with van der Waals surface area (Å²) < 4.78 is 59.2. The van der Waals surface area contributed by atoms with Crippen LogP contribution in [-0.2, 0) is 14.8 Å². The minimum Gasteiger partial charge on any atom is -0.494 e. The summed E-state index contributed by atoms with van der Waals surface area (Å²) in [5.74, 6) is -2.31. The van der Waals surface area contributed by atoms with E-state index in [-0.39, 0.29) is 4.90 Å². The first-order chi connectivity index (χ1) is 12.2. The number of sulfonamides is 1. The van der Waals surface area contributed by atoms with E-state index in [1.54, 1.807) is 6.92 Å². The molecule has 0 radical (unpaired) electrons. The van der Waals surface area contributed by atoms with E-state index < -0.39 is 39.3 Å². The molecule has 2 rings (SSSR count). The first-order valence-electron chi connectivity index (χ1n) is 7.74. The molecule has 0 fully saturated rings. The van der Waals surface area contributed by atoms with Crippen LogP contribution in [0.15, 0.2) is 47.4 Å². The lowest BCUT2D eigenvalue weighted by Crippen LogP contribution is -2.41. The molecule has 2 aromatic rings. The van der Waals surface area contributed by atoms with Crippen molar-refractivity contribution in [2.75, 3.05) is 11.9 Å². The number of rotatable bonds is 7. The van der Waals surface area contributed by atoms with Crippen LogP contribution >= 0.6 is 0 Å². The molecule has 0 spiro atoms. The number of anilines is 1. The predicted octanol–water partition coefficient (Wildman–Crippen LogP) is 2.67. The molecule has 0 aliphatic rings. The van der Waals surface area contributed by atoms with Crippen molar-refractivity contribution in [3.05, 3.63) is 54.1 Å². The Hall–Kier alpha value is -2.52. The number of halogens is 2. The molecule has 0 saturated carbocycles. The topological polar surface area (TPSA) is 84.5 Å². The van der Waals surface area contributed by atoms with Gasteiger partial charge in [-0.05, 0) is 50.2 Å². The highest BCUT2D eigenvalue weighted by Gasteiger charge is 2.23. The quantitative estimate of drug-likeness (QED) is 0.769. The molecule has 1 amide bonds. The van der Waals surface area contributed by atoms with E-state index in [0.29, 0.717) is 12.4 Å². The van der Waals surface area contributed by atoms with Gasteiger partial charge in [0.1, 0.15) is 23.1 Å². The largest absolute Gasteiger partial charge is 0.494 e. The lowest BCUT2D eigenvalue weighted by molar-refractivity contribution is -0.117. The molecule has 9 heteroatoms. The van der Waals surface area contributed by atoms with Crippen LogP contribution in [0, 0.1) is 11.6 Å². The lowest BCUT2D eigenvalue weighted by Gasteiger charge is -2.15. The number of carbonyl (C=O) groups excluding carboxylic acids is 1. The van der Waals surface area contributed by atoms with E-state index in [4.69, 9.17) is 4.74 Å². The minimum absolute atomic E-state index is 0.0716. The van der Waals surface area contributed by atoms with Crippen LogP contribution in [-0.4, -0.2) is 27.0 Å². The maximum atomic E-state index is 13.6. The monoisotopic (exact) mass is 384 g/mol. The predicted molar refractivity (Wildman–Crippen MR) is 92.4 cm³/mol. The Bertz CT molecular complexity index is 866. The van der Waals surface area contributed by atoms with Crippen molar-refractivity contribution >= 4 is 21.6 Å². The number of carbonyl (C=O) groups is 1. The number of nitrogens with one attached hydrogen (secondary N) is 2. The molecule has 6 nitrogen and oxygen atoms in total. The minimum atomic E-state index is -4.00. The van der Waals surface area contributed by atoms with Gasteiger partial charge in [0.05, 0.1) is 17.5 Å². The van der Waals surface area contributed by atoms with E-state index in [1.165, 1.54) is 31.2 Å². The number of hydrogen-bond acceptors (Lipinski definition) is 4. The number of benzene rings is 2. The zero-order valence-corrected chi connectivity index (χ0v) is 14.9. The van der Waals surface area contributed by atoms with Gasteiger partial charge in [0, 0.05) is 0 Å². The van der Waals surface area contributed by atoms with Gasteiger partial charge in [-0.3, -0.25) is 4.79 Å². The smallest absolute Gasteiger partial charge is 0.242 e. The fraction of sp³-hybridized carbons (Fsp3) is 0.235. The Morgan fingerprint density at radius 1 is 1.12 bits per heavy atom. The zero-order chi connectivity index (χ0) is 19.3. The van der Waals surface area contributed by atoms with Crippen LogP contribution in [0.3, 0.4) is 0 Å². The van der Waals surface area contributed by atoms with E-state index in [0.717, 1.165) is 18.2 Å². The first-order valence-corrected chi connectivity index (χ1v) is 9.23. The summed E-state index contributed by atoms with van der Waals surface area (Å²) in [7, 11) is -4.00. The van der Waals surface area contributed by atoms with Crippen LogP contribution in [0.4, 0.5) is 14.5 Å². The molecular weight excluding hydrogens is 366 g/mol. The molecule has 0 aromatic heterocycles. The molecule has 0 aliphatic heterocycles. The summed E-state index contributed by atoms with van der Waals surface area (Å²) in [6, 6.07) is 7.47. The van der Waals surface area contributed by atoms with Gasteiger partial charge in [0.25, 0.3) is 0 Å². The molecule has 1 atom stereocenters. The third-order valence-corrected chi connectivity index (χ3v) is 4.94. The third kappa shape index (κ3) is 4.77. The summed E-state index contributed by atoms with van der Waals surface area (Å²) in [4.78, 5) is 12.0. The Kier molecular flexibility index (Phi) is 6.27. The number of ether oxygens (including phenoxy) is 1. The van der Waals surface area contributed by atoms with Gasteiger partial charge >= 0.3 is 0 Å². The van der Waals surface area contributed by atoms with Gasteiger partial charge in [-0.15, -0.1) is 0 Å². The third-order valence-electron chi connectivity index (χ3n) is 3.38. The molecule has 140 valence electrons. The van der Waals surface area contributed by atoms with Crippen LogP contribution in [0.1, 0.15) is 13.8 Å². The summed E-state index contributed by atoms with van der Waals surface area (Å²) in [5, 5.41) is 2.04. The van der Waals surface area contributed by atoms with Gasteiger partial charge in [0.15, 0.2) is 0 Å². The normalized spacial score (nSPS) is 12.5. The molecule has 26 heavy (non-hydrogen) atoms. The van der Waals surface area contributed by atoms with Gasteiger partial charge in [-0.2, -0.15) is 4.72 Å². The van der Waals surface area contributed by atoms with Crippen molar-refractivity contribution in [3.63, 3.8) is 0 Å². The Morgan fingerprint density at radius 3 is 2.23 bits per heavy atom. The second kappa shape index (κ2) is 8.24. The highest BCUT2D eigenvalue weighted by Crippen LogP contribution is 2.19. The van der Waals surface area contributed by atoms with Crippen molar-refractivity contribution in [1.82, 2.24) is 4.72 Å². The summed E-state index contributed by atoms with van der Waals surface area (Å²) in [6.07, 6.45) is 0. The SMILES string of the molecule is CCOc1ccc(S(=O)(=O)N[C@H](C)C(=O)Nc2c(F)cccc2F)cc1. The van der Waals surface area contributed by atoms with E-state index in [2.05, 4.69) is 4.72 Å². The number of hydrogen-bond donors (Lipinski definition) is 2. The highest BCUT2D eigenvalue weighted by molar-refractivity contribution is 7.89. The summed E-state index contributed by atoms with van der Waals surface area (Å²) in [6.45, 7) is 3.50. The Morgan fingerprint density at radius 2 is 1.69 bits per heavy atom. The first kappa shape index (κ1) is 19.8. The average molecular weight is 384 g/mol. The highest BCUT2D eigenvalue weighted by atomic mass is 32.2. The summed E-state index contributed by atoms with van der Waals surface area (Å²) in [5.41, 5.74) is -0.635. The van der Waals surface area contributed by atoms with E-state index in [1.807, 2.05) is 5.32 Å². The van der Waals surface area contributed by atoms with E-state index in [9.17, 15) is 22.0 Å². The van der Waals surface area contributed by atoms with Gasteiger partial charge in [0.2, 0.25) is 15.9 Å². The van der Waals surface area contributed by atoms with Crippen LogP contribution in [0.25, 0.3) is 0 Å². The van der Waals surface area contributed by atoms with Crippen molar-refractivity contribution < 1.29 is 26.7 Å². The van der Waals surface area contributed by atoms with Crippen molar-refractivity contribution in [3.8, 4) is 5.75 Å². The molecule has 0 bridgehead atoms. The fourth-order valence-corrected chi connectivity index (χ4v) is 3.29. The lowest BCUT2D eigenvalue weighted by atomic mass is 10.2. The van der Waals surface area contributed by atoms with Gasteiger partial charge in [-0.1, -0.05) is 6.07 Å². The maximum absolute atomic E-state index is 13.6. The van der Waals surface area contributed by atoms with E-state index >= 15 is 0 Å². The molecule has 2 aromatic carbocycles. The van der Waals surface area contributed by atoms with Gasteiger partial charge < -0.3 is 10.1 Å². The standard InChI is InChI=1S/C17H18F2N2O4S/c1-3-25-12-7-9-13(10-8-12)26(23,24)21-11(2)17(22)20-16-14(18)5-4-6-15(16)19/h4-11,21H,3H2,1-2H3,(H,20,22)/t11-/m1/s1. The Balaban J connectivity index is 2.09. The van der Waals surface area contributed by atoms with Gasteiger partial charge in [-0.25, -0.2) is 17.2 Å². The zero-order valence-electron chi connectivity index (χ0n) is 14.1. The molecule has 2 N–H and O–H groups in total. The number of amides is 1. The van der Waals surface area contributed by atoms with Crippen LogP contribution < -0.4 is 14.8 Å². The Labute approximate surface area is 150 Å². The fourth-order valence-electron chi connectivity index (χ4n) is 2.08. The van der Waals surface area contributed by atoms with Crippen molar-refractivity contribution in [2.45, 2.75) is 24.8 Å². The second-order valence-electron chi connectivity index (χ2n) is 5.33. The second-order valence-corrected chi connectivity index (χ2v) is 7.05. The van der Waals surface area contributed by atoms with Crippen molar-refractivity contribution in [2.24, 2.45) is 0 Å². The van der Waals surface area contributed by atoms with Crippen LogP contribution in [0.2, 0.25) is 0 Å². The maximum Gasteiger partial charge on any atom is 0.242 e. The summed E-state index contributed by atoms with van der Waals surface area (Å²) >= 11 is 0. The average Bonchev–Trinajstić information content (AvgIpc) is 2.58. The van der Waals surface area contributed by atoms with Crippen LogP contribution in [0.5, 0.6) is 5.75 Å². The molecule has 0 unspecified atom stereocenters. The molecule has 0 aliphatic carbocycles. The van der Waals surface area contributed by atoms with Crippen molar-refractivity contribution in [1.29, 1.82) is 0 Å².